The minimum absolute atomic E-state index is 0.638. The number of ether oxygens (including phenoxy) is 1. The summed E-state index contributed by atoms with van der Waals surface area (Å²) in [5, 5.41) is 0. The number of benzene rings is 1. The maximum atomic E-state index is 5.75. The Hall–Kier alpha value is -0.900. The third-order valence-electron chi connectivity index (χ3n) is 3.35. The Morgan fingerprint density at radius 2 is 1.94 bits per heavy atom. The highest BCUT2D eigenvalue weighted by molar-refractivity contribution is 5.27. The molecule has 0 aromatic heterocycles. The van der Waals surface area contributed by atoms with Crippen molar-refractivity contribution in [3.8, 4) is 0 Å². The van der Waals surface area contributed by atoms with Gasteiger partial charge in [-0.2, -0.15) is 0 Å². The zero-order valence-corrected chi connectivity index (χ0v) is 10.4. The summed E-state index contributed by atoms with van der Waals surface area (Å²) in [6, 6.07) is 8.48. The van der Waals surface area contributed by atoms with Crippen LogP contribution in [0.15, 0.2) is 24.3 Å². The van der Waals surface area contributed by atoms with Crippen LogP contribution in [0.3, 0.4) is 0 Å². The molecule has 1 aliphatic rings. The Morgan fingerprint density at radius 3 is 2.76 bits per heavy atom. The van der Waals surface area contributed by atoms with Crippen LogP contribution in [-0.4, -0.2) is 37.7 Å². The number of hydrogen-bond donors (Lipinski definition) is 1. The van der Waals surface area contributed by atoms with Gasteiger partial charge in [-0.3, -0.25) is 0 Å². The summed E-state index contributed by atoms with van der Waals surface area (Å²) >= 11 is 0. The van der Waals surface area contributed by atoms with E-state index in [2.05, 4.69) is 29.2 Å². The normalized spacial score (nSPS) is 17.9. The molecule has 0 spiro atoms. The van der Waals surface area contributed by atoms with E-state index in [9.17, 15) is 0 Å². The Morgan fingerprint density at radius 1 is 1.12 bits per heavy atom. The van der Waals surface area contributed by atoms with Crippen molar-refractivity contribution in [2.75, 3.05) is 32.8 Å². The summed E-state index contributed by atoms with van der Waals surface area (Å²) in [5.41, 5.74) is 8.42. The quantitative estimate of drug-likeness (QED) is 0.856. The fourth-order valence-corrected chi connectivity index (χ4v) is 2.30. The van der Waals surface area contributed by atoms with Crippen molar-refractivity contribution in [3.63, 3.8) is 0 Å². The molecule has 94 valence electrons. The molecule has 0 aliphatic carbocycles. The molecule has 2 N–H and O–H groups in total. The first-order valence-electron chi connectivity index (χ1n) is 6.47. The van der Waals surface area contributed by atoms with Gasteiger partial charge in [-0.15, -0.1) is 0 Å². The molecule has 1 saturated heterocycles. The second-order valence-corrected chi connectivity index (χ2v) is 4.53. The lowest BCUT2D eigenvalue weighted by molar-refractivity contribution is 0.141. The van der Waals surface area contributed by atoms with E-state index in [-0.39, 0.29) is 0 Å². The van der Waals surface area contributed by atoms with E-state index in [0.717, 1.165) is 45.7 Å². The van der Waals surface area contributed by atoms with Crippen LogP contribution >= 0.6 is 0 Å². The molecule has 0 bridgehead atoms. The van der Waals surface area contributed by atoms with Gasteiger partial charge in [-0.25, -0.2) is 0 Å². The molecule has 0 radical (unpaired) electrons. The summed E-state index contributed by atoms with van der Waals surface area (Å²) < 4.78 is 5.46. The SMILES string of the molecule is NCc1ccccc1CCN1CCCOCC1. The van der Waals surface area contributed by atoms with E-state index >= 15 is 0 Å². The number of nitrogens with zero attached hydrogens (tertiary/aromatic N) is 1. The van der Waals surface area contributed by atoms with Gasteiger partial charge in [0.2, 0.25) is 0 Å². The Bertz CT molecular complexity index is 333. The Kier molecular flexibility index (Phi) is 4.98. The molecule has 1 aliphatic heterocycles. The van der Waals surface area contributed by atoms with Crippen molar-refractivity contribution in [3.05, 3.63) is 35.4 Å². The minimum atomic E-state index is 0.638. The van der Waals surface area contributed by atoms with Crippen LogP contribution in [0.2, 0.25) is 0 Å². The predicted molar refractivity (Wildman–Crippen MR) is 69.9 cm³/mol. The number of hydrogen-bond acceptors (Lipinski definition) is 3. The number of rotatable bonds is 4. The monoisotopic (exact) mass is 234 g/mol. The first kappa shape index (κ1) is 12.6. The van der Waals surface area contributed by atoms with Crippen molar-refractivity contribution in [2.45, 2.75) is 19.4 Å². The molecular weight excluding hydrogens is 212 g/mol. The van der Waals surface area contributed by atoms with Gasteiger partial charge in [0.1, 0.15) is 0 Å². The molecule has 1 aromatic carbocycles. The van der Waals surface area contributed by atoms with Crippen LogP contribution in [0.1, 0.15) is 17.5 Å². The highest BCUT2D eigenvalue weighted by Crippen LogP contribution is 2.10. The third kappa shape index (κ3) is 3.80. The smallest absolute Gasteiger partial charge is 0.0593 e. The molecule has 3 heteroatoms. The van der Waals surface area contributed by atoms with Crippen LogP contribution in [0.25, 0.3) is 0 Å². The second kappa shape index (κ2) is 6.74. The summed E-state index contributed by atoms with van der Waals surface area (Å²) in [5.74, 6) is 0. The van der Waals surface area contributed by atoms with E-state index in [1.807, 2.05) is 0 Å². The van der Waals surface area contributed by atoms with Crippen molar-refractivity contribution in [1.82, 2.24) is 4.90 Å². The average Bonchev–Trinajstić information content (AvgIpc) is 2.65. The Balaban J connectivity index is 1.87. The van der Waals surface area contributed by atoms with E-state index in [1.165, 1.54) is 11.1 Å². The lowest BCUT2D eigenvalue weighted by atomic mass is 10.0. The van der Waals surface area contributed by atoms with Crippen LogP contribution in [0.4, 0.5) is 0 Å². The molecule has 1 heterocycles. The number of nitrogens with two attached hydrogens (primary N) is 1. The van der Waals surface area contributed by atoms with Crippen molar-refractivity contribution in [1.29, 1.82) is 0 Å². The zero-order chi connectivity index (χ0) is 11.9. The molecule has 0 saturated carbocycles. The summed E-state index contributed by atoms with van der Waals surface area (Å²) in [7, 11) is 0. The lowest BCUT2D eigenvalue weighted by Crippen LogP contribution is -2.28. The molecule has 0 amide bonds. The molecule has 1 fully saturated rings. The van der Waals surface area contributed by atoms with Gasteiger partial charge in [0.05, 0.1) is 6.61 Å². The summed E-state index contributed by atoms with van der Waals surface area (Å²) in [6.07, 6.45) is 2.24. The van der Waals surface area contributed by atoms with Gasteiger partial charge in [0.15, 0.2) is 0 Å². The van der Waals surface area contributed by atoms with E-state index in [4.69, 9.17) is 10.5 Å². The average molecular weight is 234 g/mol. The summed E-state index contributed by atoms with van der Waals surface area (Å²) in [4.78, 5) is 2.49. The second-order valence-electron chi connectivity index (χ2n) is 4.53. The predicted octanol–water partition coefficient (Wildman–Crippen LogP) is 1.41. The van der Waals surface area contributed by atoms with Crippen LogP contribution in [0, 0.1) is 0 Å². The van der Waals surface area contributed by atoms with Crippen molar-refractivity contribution >= 4 is 0 Å². The van der Waals surface area contributed by atoms with Crippen LogP contribution in [-0.2, 0) is 17.7 Å². The zero-order valence-electron chi connectivity index (χ0n) is 10.4. The molecular formula is C14H22N2O. The maximum absolute atomic E-state index is 5.75. The molecule has 2 rings (SSSR count). The first-order valence-corrected chi connectivity index (χ1v) is 6.47. The fraction of sp³-hybridized carbons (Fsp3) is 0.571. The highest BCUT2D eigenvalue weighted by Gasteiger charge is 2.09. The standard InChI is InChI=1S/C14H22N2O/c15-12-14-5-2-1-4-13(14)6-8-16-7-3-10-17-11-9-16/h1-2,4-5H,3,6-12,15H2. The van der Waals surface area contributed by atoms with Gasteiger partial charge >= 0.3 is 0 Å². The van der Waals surface area contributed by atoms with Crippen LogP contribution in [0.5, 0.6) is 0 Å². The molecule has 3 nitrogen and oxygen atoms in total. The van der Waals surface area contributed by atoms with Gasteiger partial charge < -0.3 is 15.4 Å². The lowest BCUT2D eigenvalue weighted by Gasteiger charge is -2.19. The molecule has 0 unspecified atom stereocenters. The minimum Gasteiger partial charge on any atom is -0.380 e. The molecule has 17 heavy (non-hydrogen) atoms. The van der Waals surface area contributed by atoms with Crippen molar-refractivity contribution in [2.24, 2.45) is 5.73 Å². The summed E-state index contributed by atoms with van der Waals surface area (Å²) in [6.45, 7) is 5.75. The van der Waals surface area contributed by atoms with Gasteiger partial charge in [0.25, 0.3) is 0 Å². The topological polar surface area (TPSA) is 38.5 Å². The van der Waals surface area contributed by atoms with Gasteiger partial charge in [0, 0.05) is 32.8 Å². The van der Waals surface area contributed by atoms with E-state index in [1.54, 1.807) is 0 Å². The third-order valence-corrected chi connectivity index (χ3v) is 3.35. The fourth-order valence-electron chi connectivity index (χ4n) is 2.30. The largest absolute Gasteiger partial charge is 0.380 e. The maximum Gasteiger partial charge on any atom is 0.0593 e. The highest BCUT2D eigenvalue weighted by atomic mass is 16.5. The van der Waals surface area contributed by atoms with Crippen LogP contribution < -0.4 is 5.73 Å². The first-order chi connectivity index (χ1) is 8.40. The van der Waals surface area contributed by atoms with E-state index < -0.39 is 0 Å². The molecule has 1 aromatic rings. The van der Waals surface area contributed by atoms with Gasteiger partial charge in [-0.05, 0) is 24.0 Å². The molecule has 0 atom stereocenters. The Labute approximate surface area is 104 Å². The van der Waals surface area contributed by atoms with Gasteiger partial charge in [-0.1, -0.05) is 24.3 Å². The van der Waals surface area contributed by atoms with E-state index in [0.29, 0.717) is 6.54 Å². The van der Waals surface area contributed by atoms with Crippen molar-refractivity contribution < 1.29 is 4.74 Å².